The molecule has 13 heavy (non-hydrogen) atoms. The van der Waals surface area contributed by atoms with Gasteiger partial charge in [0.15, 0.2) is 0 Å². The minimum Gasteiger partial charge on any atom is -0.478 e. The summed E-state index contributed by atoms with van der Waals surface area (Å²) in [6.45, 7) is 0. The Hall–Kier alpha value is -1.62. The van der Waals surface area contributed by atoms with Crippen LogP contribution in [-0.4, -0.2) is 20.5 Å². The van der Waals surface area contributed by atoms with Crippen LogP contribution < -0.4 is 0 Å². The van der Waals surface area contributed by atoms with Gasteiger partial charge in [-0.05, 0) is 6.08 Å². The van der Waals surface area contributed by atoms with Gasteiger partial charge < -0.3 is 5.11 Å². The molecular formula is C8H6N2O2S. The summed E-state index contributed by atoms with van der Waals surface area (Å²) >= 11 is 1.56. The van der Waals surface area contributed by atoms with Crippen molar-refractivity contribution in [2.45, 2.75) is 0 Å². The van der Waals surface area contributed by atoms with Crippen LogP contribution in [-0.2, 0) is 4.79 Å². The van der Waals surface area contributed by atoms with Crippen LogP contribution in [0, 0.1) is 0 Å². The molecule has 0 spiro atoms. The molecule has 0 aliphatic carbocycles. The summed E-state index contributed by atoms with van der Waals surface area (Å²) in [5.74, 6) is -0.328. The zero-order valence-electron chi connectivity index (χ0n) is 6.54. The molecule has 0 fully saturated rings. The van der Waals surface area contributed by atoms with Crippen molar-refractivity contribution in [1.82, 2.24) is 9.38 Å². The van der Waals surface area contributed by atoms with Gasteiger partial charge in [0, 0.05) is 17.7 Å². The summed E-state index contributed by atoms with van der Waals surface area (Å²) in [5, 5.41) is 10.3. The highest BCUT2D eigenvalue weighted by atomic mass is 32.1. The summed E-state index contributed by atoms with van der Waals surface area (Å²) in [7, 11) is 0. The Morgan fingerprint density at radius 3 is 3.31 bits per heavy atom. The van der Waals surface area contributed by atoms with Crippen LogP contribution in [0.3, 0.4) is 0 Å². The molecule has 0 radical (unpaired) electrons. The summed E-state index contributed by atoms with van der Waals surface area (Å²) in [6, 6.07) is 0. The summed E-state index contributed by atoms with van der Waals surface area (Å²) in [4.78, 5) is 15.3. The SMILES string of the molecule is O=C(O)/C=C/c1ncc2sccn12. The van der Waals surface area contributed by atoms with E-state index in [2.05, 4.69) is 4.98 Å². The number of rotatable bonds is 2. The third-order valence-electron chi connectivity index (χ3n) is 1.57. The predicted molar refractivity (Wildman–Crippen MR) is 49.7 cm³/mol. The standard InChI is InChI=1S/C8H6N2O2S/c11-8(12)2-1-6-9-5-7-10(6)3-4-13-7/h1-5H,(H,11,12)/b2-1+. The molecule has 0 atom stereocenters. The van der Waals surface area contributed by atoms with Gasteiger partial charge in [0.1, 0.15) is 10.7 Å². The second-order valence-electron chi connectivity index (χ2n) is 2.40. The number of carboxylic acids is 1. The highest BCUT2D eigenvalue weighted by Gasteiger charge is 2.00. The van der Waals surface area contributed by atoms with Crippen molar-refractivity contribution in [3.63, 3.8) is 0 Å². The van der Waals surface area contributed by atoms with E-state index in [1.165, 1.54) is 6.08 Å². The van der Waals surface area contributed by atoms with E-state index >= 15 is 0 Å². The van der Waals surface area contributed by atoms with Gasteiger partial charge in [-0.1, -0.05) is 0 Å². The zero-order valence-corrected chi connectivity index (χ0v) is 7.36. The first-order valence-corrected chi connectivity index (χ1v) is 4.47. The van der Waals surface area contributed by atoms with Gasteiger partial charge in [0.05, 0.1) is 6.20 Å². The normalized spacial score (nSPS) is 11.4. The Labute approximate surface area is 77.8 Å². The van der Waals surface area contributed by atoms with Crippen LogP contribution in [0.4, 0.5) is 0 Å². The van der Waals surface area contributed by atoms with E-state index in [-0.39, 0.29) is 0 Å². The maximum Gasteiger partial charge on any atom is 0.328 e. The molecule has 2 rings (SSSR count). The fourth-order valence-electron chi connectivity index (χ4n) is 1.03. The Morgan fingerprint density at radius 2 is 2.54 bits per heavy atom. The van der Waals surface area contributed by atoms with E-state index in [4.69, 9.17) is 5.11 Å². The second kappa shape index (κ2) is 3.02. The monoisotopic (exact) mass is 194 g/mol. The first-order chi connectivity index (χ1) is 6.27. The maximum atomic E-state index is 10.2. The fraction of sp³-hybridized carbons (Fsp3) is 0. The third-order valence-corrected chi connectivity index (χ3v) is 2.37. The van der Waals surface area contributed by atoms with Crippen LogP contribution >= 0.6 is 11.3 Å². The first kappa shape index (κ1) is 8.00. The van der Waals surface area contributed by atoms with Crippen molar-refractivity contribution in [3.8, 4) is 0 Å². The highest BCUT2D eigenvalue weighted by Crippen LogP contribution is 2.13. The van der Waals surface area contributed by atoms with Gasteiger partial charge in [-0.3, -0.25) is 4.40 Å². The lowest BCUT2D eigenvalue weighted by Gasteiger charge is -1.86. The minimum absolute atomic E-state index is 0.638. The van der Waals surface area contributed by atoms with Gasteiger partial charge in [-0.25, -0.2) is 9.78 Å². The van der Waals surface area contributed by atoms with Gasteiger partial charge in [-0.15, -0.1) is 11.3 Å². The van der Waals surface area contributed by atoms with E-state index in [1.54, 1.807) is 17.5 Å². The number of carbonyl (C=O) groups is 1. The number of imidazole rings is 1. The van der Waals surface area contributed by atoms with Crippen molar-refractivity contribution in [1.29, 1.82) is 0 Å². The Bertz CT molecular complexity index is 469. The van der Waals surface area contributed by atoms with E-state index in [1.807, 2.05) is 16.0 Å². The molecule has 0 saturated heterocycles. The molecule has 66 valence electrons. The van der Waals surface area contributed by atoms with E-state index in [0.717, 1.165) is 10.9 Å². The molecule has 2 heterocycles. The molecule has 1 N–H and O–H groups in total. The molecule has 5 heteroatoms. The van der Waals surface area contributed by atoms with Crippen molar-refractivity contribution in [2.75, 3.05) is 0 Å². The van der Waals surface area contributed by atoms with Gasteiger partial charge >= 0.3 is 5.97 Å². The molecule has 0 aliphatic rings. The zero-order chi connectivity index (χ0) is 9.26. The summed E-state index contributed by atoms with van der Waals surface area (Å²) in [5.41, 5.74) is 0. The molecule has 0 aliphatic heterocycles. The maximum absolute atomic E-state index is 10.2. The minimum atomic E-state index is -0.966. The number of aliphatic carboxylic acids is 1. The number of hydrogen-bond acceptors (Lipinski definition) is 3. The van der Waals surface area contributed by atoms with E-state index in [0.29, 0.717) is 5.82 Å². The Kier molecular flexibility index (Phi) is 1.86. The smallest absolute Gasteiger partial charge is 0.328 e. The van der Waals surface area contributed by atoms with Gasteiger partial charge in [0.2, 0.25) is 0 Å². The molecule has 0 unspecified atom stereocenters. The molecule has 0 aromatic carbocycles. The van der Waals surface area contributed by atoms with Crippen molar-refractivity contribution in [2.24, 2.45) is 0 Å². The largest absolute Gasteiger partial charge is 0.478 e. The molecule has 0 bridgehead atoms. The van der Waals surface area contributed by atoms with E-state index < -0.39 is 5.97 Å². The quantitative estimate of drug-likeness (QED) is 0.737. The summed E-state index contributed by atoms with van der Waals surface area (Å²) < 4.78 is 1.84. The average Bonchev–Trinajstić information content (AvgIpc) is 2.60. The molecular weight excluding hydrogens is 188 g/mol. The molecule has 0 saturated carbocycles. The van der Waals surface area contributed by atoms with Gasteiger partial charge in [0.25, 0.3) is 0 Å². The van der Waals surface area contributed by atoms with Crippen LogP contribution in [0.15, 0.2) is 23.8 Å². The summed E-state index contributed by atoms with van der Waals surface area (Å²) in [6.07, 6.45) is 6.12. The molecule has 0 amide bonds. The second-order valence-corrected chi connectivity index (χ2v) is 3.33. The number of thiazole rings is 1. The van der Waals surface area contributed by atoms with Crippen LogP contribution in [0.25, 0.3) is 10.9 Å². The van der Waals surface area contributed by atoms with Crippen LogP contribution in [0.5, 0.6) is 0 Å². The van der Waals surface area contributed by atoms with E-state index in [9.17, 15) is 4.79 Å². The highest BCUT2D eigenvalue weighted by molar-refractivity contribution is 7.15. The topological polar surface area (TPSA) is 54.6 Å². The van der Waals surface area contributed by atoms with Crippen molar-refractivity contribution < 1.29 is 9.90 Å². The first-order valence-electron chi connectivity index (χ1n) is 3.59. The van der Waals surface area contributed by atoms with Crippen LogP contribution in [0.1, 0.15) is 5.82 Å². The Balaban J connectivity index is 2.43. The third kappa shape index (κ3) is 1.46. The number of nitrogens with zero attached hydrogens (tertiary/aromatic N) is 2. The molecule has 2 aromatic heterocycles. The lowest BCUT2D eigenvalue weighted by atomic mass is 10.5. The Morgan fingerprint density at radius 1 is 1.69 bits per heavy atom. The number of carboxylic acid groups (broad SMARTS) is 1. The van der Waals surface area contributed by atoms with Crippen LogP contribution in [0.2, 0.25) is 0 Å². The lowest BCUT2D eigenvalue weighted by molar-refractivity contribution is -0.131. The lowest BCUT2D eigenvalue weighted by Crippen LogP contribution is -1.88. The molecule has 2 aromatic rings. The average molecular weight is 194 g/mol. The van der Waals surface area contributed by atoms with Crippen molar-refractivity contribution >= 4 is 28.2 Å². The van der Waals surface area contributed by atoms with Crippen molar-refractivity contribution in [3.05, 3.63) is 29.7 Å². The number of aromatic nitrogens is 2. The number of fused-ring (bicyclic) bond motifs is 1. The van der Waals surface area contributed by atoms with Gasteiger partial charge in [-0.2, -0.15) is 0 Å². The predicted octanol–water partition coefficient (Wildman–Crippen LogP) is 1.49. The molecule has 4 nitrogen and oxygen atoms in total. The number of hydrogen-bond donors (Lipinski definition) is 1. The fourth-order valence-corrected chi connectivity index (χ4v) is 1.73.